The molecule has 0 aliphatic rings. The molecule has 0 spiro atoms. The highest BCUT2D eigenvalue weighted by atomic mass is 16.2. The van der Waals surface area contributed by atoms with Crippen molar-refractivity contribution >= 4 is 17.9 Å². The van der Waals surface area contributed by atoms with Crippen LogP contribution in [0.25, 0.3) is 23.0 Å². The Hall–Kier alpha value is -4.45. The van der Waals surface area contributed by atoms with E-state index in [4.69, 9.17) is 10.8 Å². The Labute approximate surface area is 186 Å². The number of benzene rings is 3. The maximum Gasteiger partial charge on any atom is 0.265 e. The number of hydrogen-bond donors (Lipinski definition) is 2. The zero-order chi connectivity index (χ0) is 22.5. The van der Waals surface area contributed by atoms with Crippen LogP contribution >= 0.6 is 0 Å². The van der Waals surface area contributed by atoms with E-state index in [9.17, 15) is 9.59 Å². The van der Waals surface area contributed by atoms with E-state index in [2.05, 4.69) is 5.32 Å². The molecule has 0 saturated heterocycles. The van der Waals surface area contributed by atoms with Gasteiger partial charge in [0.2, 0.25) is 0 Å². The molecule has 32 heavy (non-hydrogen) atoms. The summed E-state index contributed by atoms with van der Waals surface area (Å²) in [5.74, 6) is -1.15. The number of carbonyl (C=O) groups excluding carboxylic acids is 2. The highest BCUT2D eigenvalue weighted by Gasteiger charge is 2.16. The fraction of sp³-hybridized carbons (Fsp3) is 0.0385. The number of nitrogens with two attached hydrogens (primary N) is 1. The molecular weight excluding hydrogens is 400 g/mol. The van der Waals surface area contributed by atoms with Crippen LogP contribution < -0.4 is 11.1 Å². The van der Waals surface area contributed by atoms with Crippen LogP contribution in [0, 0.1) is 6.92 Å². The van der Waals surface area contributed by atoms with Crippen LogP contribution in [0.2, 0.25) is 0 Å². The van der Waals surface area contributed by atoms with Gasteiger partial charge in [0.1, 0.15) is 11.4 Å². The van der Waals surface area contributed by atoms with E-state index in [1.54, 1.807) is 29.1 Å². The van der Waals surface area contributed by atoms with E-state index in [-0.39, 0.29) is 5.70 Å². The molecule has 6 nitrogen and oxygen atoms in total. The van der Waals surface area contributed by atoms with Crippen LogP contribution in [0.5, 0.6) is 0 Å². The normalized spacial score (nSPS) is 11.2. The van der Waals surface area contributed by atoms with Gasteiger partial charge >= 0.3 is 0 Å². The first-order valence-electron chi connectivity index (χ1n) is 10.1. The van der Waals surface area contributed by atoms with Gasteiger partial charge in [-0.2, -0.15) is 5.10 Å². The van der Waals surface area contributed by atoms with Crippen molar-refractivity contribution in [1.82, 2.24) is 15.1 Å². The predicted molar refractivity (Wildman–Crippen MR) is 125 cm³/mol. The van der Waals surface area contributed by atoms with Crippen LogP contribution in [-0.2, 0) is 4.79 Å². The van der Waals surface area contributed by atoms with Gasteiger partial charge in [0.25, 0.3) is 11.8 Å². The summed E-state index contributed by atoms with van der Waals surface area (Å²) >= 11 is 0. The van der Waals surface area contributed by atoms with E-state index in [0.29, 0.717) is 16.8 Å². The van der Waals surface area contributed by atoms with Gasteiger partial charge in [0.05, 0.1) is 5.69 Å². The van der Waals surface area contributed by atoms with Crippen molar-refractivity contribution in [3.05, 3.63) is 114 Å². The number of aromatic nitrogens is 2. The summed E-state index contributed by atoms with van der Waals surface area (Å²) in [6.07, 6.45) is 3.36. The van der Waals surface area contributed by atoms with Gasteiger partial charge < -0.3 is 11.1 Å². The molecule has 4 aromatic rings. The number of hydrogen-bond acceptors (Lipinski definition) is 3. The second-order valence-corrected chi connectivity index (χ2v) is 7.32. The molecule has 0 atom stereocenters. The van der Waals surface area contributed by atoms with Crippen LogP contribution in [0.15, 0.2) is 96.8 Å². The Bertz CT molecular complexity index is 1270. The number of nitrogens with one attached hydrogen (secondary N) is 1. The standard InChI is InChI=1S/C26H22N4O2/c1-18-12-14-20(15-13-18)26(32)28-23(25(27)31)16-21-17-30(22-10-6-3-7-11-22)29-24(21)19-8-4-2-5-9-19/h2-17H,1H3,(H2,27,31)(H,28,32). The molecule has 6 heteroatoms. The molecule has 4 rings (SSSR count). The van der Waals surface area contributed by atoms with Gasteiger partial charge in [-0.15, -0.1) is 0 Å². The van der Waals surface area contributed by atoms with Crippen molar-refractivity contribution in [2.75, 3.05) is 0 Å². The lowest BCUT2D eigenvalue weighted by molar-refractivity contribution is -0.114. The van der Waals surface area contributed by atoms with Gasteiger partial charge in [-0.1, -0.05) is 66.2 Å². The molecule has 3 aromatic carbocycles. The lowest BCUT2D eigenvalue weighted by atomic mass is 10.1. The summed E-state index contributed by atoms with van der Waals surface area (Å²) in [6.45, 7) is 1.94. The van der Waals surface area contributed by atoms with Crippen LogP contribution in [0.3, 0.4) is 0 Å². The zero-order valence-corrected chi connectivity index (χ0v) is 17.5. The first kappa shape index (κ1) is 20.8. The van der Waals surface area contributed by atoms with Crippen molar-refractivity contribution in [1.29, 1.82) is 0 Å². The minimum Gasteiger partial charge on any atom is -0.364 e. The van der Waals surface area contributed by atoms with Gasteiger partial charge in [-0.25, -0.2) is 4.68 Å². The first-order chi connectivity index (χ1) is 15.5. The molecule has 0 aliphatic heterocycles. The summed E-state index contributed by atoms with van der Waals surface area (Å²) in [4.78, 5) is 24.8. The van der Waals surface area contributed by atoms with Gasteiger partial charge in [-0.3, -0.25) is 9.59 Å². The van der Waals surface area contributed by atoms with E-state index < -0.39 is 11.8 Å². The minimum absolute atomic E-state index is 0.0135. The van der Waals surface area contributed by atoms with Crippen LogP contribution in [-0.4, -0.2) is 21.6 Å². The third-order valence-electron chi connectivity index (χ3n) is 4.94. The fourth-order valence-electron chi connectivity index (χ4n) is 3.25. The van der Waals surface area contributed by atoms with Crippen molar-refractivity contribution in [2.24, 2.45) is 5.73 Å². The molecule has 1 aromatic heterocycles. The average molecular weight is 422 g/mol. The highest BCUT2D eigenvalue weighted by Crippen LogP contribution is 2.25. The Morgan fingerprint density at radius 3 is 2.16 bits per heavy atom. The Morgan fingerprint density at radius 1 is 0.906 bits per heavy atom. The lowest BCUT2D eigenvalue weighted by Crippen LogP contribution is -2.31. The monoisotopic (exact) mass is 422 g/mol. The van der Waals surface area contributed by atoms with Crippen molar-refractivity contribution < 1.29 is 9.59 Å². The van der Waals surface area contributed by atoms with Gasteiger partial charge in [0, 0.05) is 22.9 Å². The summed E-state index contributed by atoms with van der Waals surface area (Å²) in [7, 11) is 0. The summed E-state index contributed by atoms with van der Waals surface area (Å²) < 4.78 is 1.73. The second kappa shape index (κ2) is 9.14. The summed E-state index contributed by atoms with van der Waals surface area (Å²) in [6, 6.07) is 26.3. The Kier molecular flexibility index (Phi) is 5.94. The molecule has 0 saturated carbocycles. The van der Waals surface area contributed by atoms with Crippen LogP contribution in [0.1, 0.15) is 21.5 Å². The number of rotatable bonds is 6. The van der Waals surface area contributed by atoms with Gasteiger partial charge in [0.15, 0.2) is 0 Å². The Balaban J connectivity index is 1.75. The predicted octanol–water partition coefficient (Wildman–Crippen LogP) is 4.10. The molecular formula is C26H22N4O2. The molecule has 3 N–H and O–H groups in total. The number of nitrogens with zero attached hydrogens (tertiary/aromatic N) is 2. The van der Waals surface area contributed by atoms with Crippen molar-refractivity contribution in [3.63, 3.8) is 0 Å². The SMILES string of the molecule is Cc1ccc(C(=O)NC(=Cc2cn(-c3ccccc3)nc2-c2ccccc2)C(N)=O)cc1. The molecule has 0 aliphatic carbocycles. The zero-order valence-electron chi connectivity index (χ0n) is 17.5. The highest BCUT2D eigenvalue weighted by molar-refractivity contribution is 6.05. The summed E-state index contributed by atoms with van der Waals surface area (Å²) in [5.41, 5.74) is 10.1. The maximum atomic E-state index is 12.7. The lowest BCUT2D eigenvalue weighted by Gasteiger charge is -2.07. The van der Waals surface area contributed by atoms with E-state index in [1.807, 2.05) is 79.7 Å². The quantitative estimate of drug-likeness (QED) is 0.458. The number of amides is 2. The topological polar surface area (TPSA) is 90.0 Å². The van der Waals surface area contributed by atoms with Crippen LogP contribution in [0.4, 0.5) is 0 Å². The third kappa shape index (κ3) is 4.65. The van der Waals surface area contributed by atoms with E-state index in [1.165, 1.54) is 0 Å². The second-order valence-electron chi connectivity index (χ2n) is 7.32. The average Bonchev–Trinajstić information content (AvgIpc) is 3.24. The third-order valence-corrected chi connectivity index (χ3v) is 4.94. The number of para-hydroxylation sites is 1. The molecule has 0 radical (unpaired) electrons. The molecule has 1 heterocycles. The molecule has 0 unspecified atom stereocenters. The summed E-state index contributed by atoms with van der Waals surface area (Å²) in [5, 5.41) is 7.36. The minimum atomic E-state index is -0.739. The smallest absolute Gasteiger partial charge is 0.265 e. The maximum absolute atomic E-state index is 12.7. The molecule has 158 valence electrons. The van der Waals surface area contributed by atoms with E-state index >= 15 is 0 Å². The van der Waals surface area contributed by atoms with Crippen molar-refractivity contribution in [3.8, 4) is 16.9 Å². The first-order valence-corrected chi connectivity index (χ1v) is 10.1. The van der Waals surface area contributed by atoms with Gasteiger partial charge in [-0.05, 0) is 37.3 Å². The molecule has 0 fully saturated rings. The molecule has 0 bridgehead atoms. The fourth-order valence-corrected chi connectivity index (χ4v) is 3.25. The number of primary amides is 1. The van der Waals surface area contributed by atoms with Crippen molar-refractivity contribution in [2.45, 2.75) is 6.92 Å². The number of carbonyl (C=O) groups is 2. The number of aryl methyl sites for hydroxylation is 1. The Morgan fingerprint density at radius 2 is 1.53 bits per heavy atom. The van der Waals surface area contributed by atoms with E-state index in [0.717, 1.165) is 16.8 Å². The largest absolute Gasteiger partial charge is 0.364 e. The molecule has 2 amide bonds.